The number of carbonyl (C=O) groups is 3. The van der Waals surface area contributed by atoms with E-state index in [4.69, 9.17) is 10.2 Å². The van der Waals surface area contributed by atoms with Crippen LogP contribution in [0.1, 0.15) is 22.3 Å². The largest absolute Gasteiger partial charge is 0.481 e. The first kappa shape index (κ1) is 15.7. The first-order chi connectivity index (χ1) is 10.5. The van der Waals surface area contributed by atoms with E-state index in [1.807, 2.05) is 0 Å². The van der Waals surface area contributed by atoms with Crippen molar-refractivity contribution in [1.82, 2.24) is 5.32 Å². The number of amides is 1. The third-order valence-electron chi connectivity index (χ3n) is 2.65. The molecule has 0 aromatic heterocycles. The Balaban J connectivity index is 1.98. The molecule has 1 saturated heterocycles. The second-order valence-corrected chi connectivity index (χ2v) is 5.46. The van der Waals surface area contributed by atoms with Gasteiger partial charge in [0.05, 0.1) is 18.2 Å². The lowest BCUT2D eigenvalue weighted by atomic mass is 10.1. The maximum atomic E-state index is 11.5. The zero-order valence-electron chi connectivity index (χ0n) is 11.1. The number of benzene rings is 1. The van der Waals surface area contributed by atoms with Crippen LogP contribution in [0.2, 0.25) is 0 Å². The molecule has 1 heterocycles. The van der Waals surface area contributed by atoms with E-state index in [9.17, 15) is 14.4 Å². The van der Waals surface area contributed by atoms with Crippen molar-refractivity contribution in [2.75, 3.05) is 0 Å². The smallest absolute Gasteiger partial charge is 0.335 e. The molecule has 8 nitrogen and oxygen atoms in total. The zero-order valence-corrected chi connectivity index (χ0v) is 11.9. The second-order valence-electron chi connectivity index (χ2n) is 4.27. The van der Waals surface area contributed by atoms with Crippen LogP contribution in [0.3, 0.4) is 0 Å². The Kier molecular flexibility index (Phi) is 4.89. The molecule has 114 valence electrons. The van der Waals surface area contributed by atoms with Gasteiger partial charge < -0.3 is 15.5 Å². The average molecular weight is 321 g/mol. The normalized spacial score (nSPS) is 19.5. The number of nitrogens with zero attached hydrogens (tertiary/aromatic N) is 2. The number of aliphatic carboxylic acids is 1. The van der Waals surface area contributed by atoms with Crippen molar-refractivity contribution in [3.05, 3.63) is 35.4 Å². The minimum absolute atomic E-state index is 0.165. The Morgan fingerprint density at radius 2 is 1.95 bits per heavy atom. The molecule has 1 unspecified atom stereocenters. The Bertz CT molecular complexity index is 669. The van der Waals surface area contributed by atoms with E-state index in [1.165, 1.54) is 18.3 Å². The Hall–Kier alpha value is -2.68. The summed E-state index contributed by atoms with van der Waals surface area (Å²) in [4.78, 5) is 32.7. The van der Waals surface area contributed by atoms with E-state index < -0.39 is 23.1 Å². The van der Waals surface area contributed by atoms with Crippen LogP contribution >= 0.6 is 11.8 Å². The summed E-state index contributed by atoms with van der Waals surface area (Å²) < 4.78 is 0. The van der Waals surface area contributed by atoms with E-state index in [1.54, 1.807) is 12.1 Å². The number of carbonyl (C=O) groups excluding carboxylic acids is 1. The van der Waals surface area contributed by atoms with Gasteiger partial charge >= 0.3 is 11.9 Å². The molecule has 1 atom stereocenters. The fourth-order valence-electron chi connectivity index (χ4n) is 1.60. The molecule has 2 rings (SSSR count). The minimum Gasteiger partial charge on any atom is -0.481 e. The summed E-state index contributed by atoms with van der Waals surface area (Å²) in [7, 11) is 0. The van der Waals surface area contributed by atoms with Gasteiger partial charge in [0.1, 0.15) is 5.25 Å². The number of hydrogen-bond donors (Lipinski definition) is 3. The van der Waals surface area contributed by atoms with E-state index in [0.29, 0.717) is 5.56 Å². The van der Waals surface area contributed by atoms with Crippen LogP contribution < -0.4 is 5.32 Å². The van der Waals surface area contributed by atoms with Crippen LogP contribution in [-0.2, 0) is 9.59 Å². The lowest BCUT2D eigenvalue weighted by Gasteiger charge is -1.97. The van der Waals surface area contributed by atoms with Crippen molar-refractivity contribution in [3.63, 3.8) is 0 Å². The summed E-state index contributed by atoms with van der Waals surface area (Å²) in [6.45, 7) is 0. The number of nitrogens with one attached hydrogen (secondary N) is 1. The summed E-state index contributed by atoms with van der Waals surface area (Å²) in [5.41, 5.74) is 0.810. The lowest BCUT2D eigenvalue weighted by molar-refractivity contribution is -0.138. The number of aromatic carboxylic acids is 1. The maximum Gasteiger partial charge on any atom is 0.335 e. The number of carboxylic acid groups (broad SMARTS) is 2. The molecule has 0 saturated carbocycles. The van der Waals surface area contributed by atoms with Crippen molar-refractivity contribution in [2.24, 2.45) is 10.2 Å². The Labute approximate surface area is 128 Å². The minimum atomic E-state index is -1.06. The van der Waals surface area contributed by atoms with Crippen molar-refractivity contribution < 1.29 is 24.6 Å². The van der Waals surface area contributed by atoms with Gasteiger partial charge in [-0.05, 0) is 17.7 Å². The number of carboxylic acids is 2. The van der Waals surface area contributed by atoms with Crippen molar-refractivity contribution >= 4 is 41.0 Å². The van der Waals surface area contributed by atoms with Crippen LogP contribution in [0, 0.1) is 0 Å². The van der Waals surface area contributed by atoms with Crippen LogP contribution in [0.15, 0.2) is 34.5 Å². The lowest BCUT2D eigenvalue weighted by Crippen LogP contribution is -2.26. The molecule has 0 aliphatic carbocycles. The standard InChI is InChI=1S/C13H11N3O5S/c17-10(18)5-9-11(19)15-13(22-9)16-14-6-7-1-3-8(4-2-7)12(20)21/h1-4,6,9H,5H2,(H,17,18)(H,20,21)(H,15,16,19). The summed E-state index contributed by atoms with van der Waals surface area (Å²) in [5.74, 6) is -2.48. The van der Waals surface area contributed by atoms with Crippen LogP contribution in [0.25, 0.3) is 0 Å². The maximum absolute atomic E-state index is 11.5. The highest BCUT2D eigenvalue weighted by molar-refractivity contribution is 8.15. The Morgan fingerprint density at radius 1 is 1.27 bits per heavy atom. The van der Waals surface area contributed by atoms with Crippen molar-refractivity contribution in [1.29, 1.82) is 0 Å². The molecular formula is C13H11N3O5S. The third-order valence-corrected chi connectivity index (χ3v) is 3.72. The topological polar surface area (TPSA) is 128 Å². The molecule has 1 aromatic carbocycles. The van der Waals surface area contributed by atoms with Crippen molar-refractivity contribution in [3.8, 4) is 0 Å². The molecule has 3 N–H and O–H groups in total. The number of rotatable bonds is 5. The monoisotopic (exact) mass is 321 g/mol. The van der Waals surface area contributed by atoms with Crippen LogP contribution in [0.5, 0.6) is 0 Å². The van der Waals surface area contributed by atoms with Gasteiger partial charge in [-0.15, -0.1) is 5.10 Å². The van der Waals surface area contributed by atoms with E-state index in [2.05, 4.69) is 15.5 Å². The third kappa shape index (κ3) is 4.16. The molecule has 1 aliphatic heterocycles. The first-order valence-corrected chi connectivity index (χ1v) is 6.97. The Morgan fingerprint density at radius 3 is 2.55 bits per heavy atom. The van der Waals surface area contributed by atoms with E-state index in [0.717, 1.165) is 11.8 Å². The molecular weight excluding hydrogens is 310 g/mol. The predicted molar refractivity (Wildman–Crippen MR) is 80.2 cm³/mol. The van der Waals surface area contributed by atoms with Gasteiger partial charge in [-0.1, -0.05) is 23.9 Å². The molecule has 22 heavy (non-hydrogen) atoms. The van der Waals surface area contributed by atoms with Gasteiger partial charge in [0.25, 0.3) is 0 Å². The number of thioether (sulfide) groups is 1. The SMILES string of the molecule is O=C(O)CC1SC(=NN=Cc2ccc(C(=O)O)cc2)NC1=O. The van der Waals surface area contributed by atoms with Gasteiger partial charge in [-0.25, -0.2) is 4.79 Å². The summed E-state index contributed by atoms with van der Waals surface area (Å²) in [5, 5.41) is 27.0. The highest BCUT2D eigenvalue weighted by Crippen LogP contribution is 2.22. The molecule has 9 heteroatoms. The quantitative estimate of drug-likeness (QED) is 0.543. The highest BCUT2D eigenvalue weighted by atomic mass is 32.2. The average Bonchev–Trinajstić information content (AvgIpc) is 2.79. The molecule has 0 spiro atoms. The molecule has 0 radical (unpaired) electrons. The fourth-order valence-corrected chi connectivity index (χ4v) is 2.52. The van der Waals surface area contributed by atoms with Crippen molar-refractivity contribution in [2.45, 2.75) is 11.7 Å². The number of amidine groups is 1. The summed E-state index contributed by atoms with van der Waals surface area (Å²) in [6.07, 6.45) is 1.12. The number of hydrogen-bond acceptors (Lipinski definition) is 6. The van der Waals surface area contributed by atoms with Crippen LogP contribution in [-0.4, -0.2) is 44.7 Å². The van der Waals surface area contributed by atoms with Crippen LogP contribution in [0.4, 0.5) is 0 Å². The predicted octanol–water partition coefficient (Wildman–Crippen LogP) is 0.781. The zero-order chi connectivity index (χ0) is 16.1. The van der Waals surface area contributed by atoms with E-state index >= 15 is 0 Å². The summed E-state index contributed by atoms with van der Waals surface area (Å²) in [6, 6.07) is 6.01. The first-order valence-electron chi connectivity index (χ1n) is 6.09. The molecule has 0 bridgehead atoms. The molecule has 1 aliphatic rings. The summed E-state index contributed by atoms with van der Waals surface area (Å²) >= 11 is 1.01. The molecule has 1 amide bonds. The van der Waals surface area contributed by atoms with Gasteiger partial charge in [0, 0.05) is 0 Å². The fraction of sp³-hybridized carbons (Fsp3) is 0.154. The molecule has 1 fully saturated rings. The van der Waals surface area contributed by atoms with Gasteiger partial charge in [0.2, 0.25) is 5.91 Å². The highest BCUT2D eigenvalue weighted by Gasteiger charge is 2.32. The second kappa shape index (κ2) is 6.85. The van der Waals surface area contributed by atoms with Gasteiger partial charge in [0.15, 0.2) is 5.17 Å². The van der Waals surface area contributed by atoms with Gasteiger partial charge in [-0.2, -0.15) is 5.10 Å². The molecule has 1 aromatic rings. The van der Waals surface area contributed by atoms with Gasteiger partial charge in [-0.3, -0.25) is 9.59 Å². The van der Waals surface area contributed by atoms with E-state index in [-0.39, 0.29) is 17.2 Å².